The molecule has 2 aliphatic heterocycles. The molecule has 1 aromatic rings. The van der Waals surface area contributed by atoms with Gasteiger partial charge in [0.25, 0.3) is 0 Å². The zero-order chi connectivity index (χ0) is 17.0. The summed E-state index contributed by atoms with van der Waals surface area (Å²) in [6.07, 6.45) is 1.66. The van der Waals surface area contributed by atoms with E-state index >= 15 is 0 Å². The van der Waals surface area contributed by atoms with Gasteiger partial charge in [-0.3, -0.25) is 9.69 Å². The molecular formula is C19H32Cl2N4O. The van der Waals surface area contributed by atoms with Gasteiger partial charge in [0.1, 0.15) is 0 Å². The molecule has 1 unspecified atom stereocenters. The van der Waals surface area contributed by atoms with E-state index in [0.29, 0.717) is 13.0 Å². The van der Waals surface area contributed by atoms with E-state index in [1.165, 1.54) is 5.69 Å². The lowest BCUT2D eigenvalue weighted by Gasteiger charge is -2.36. The van der Waals surface area contributed by atoms with E-state index in [1.807, 2.05) is 4.90 Å². The fraction of sp³-hybridized carbons (Fsp3) is 0.632. The van der Waals surface area contributed by atoms with Crippen LogP contribution >= 0.6 is 24.8 Å². The summed E-state index contributed by atoms with van der Waals surface area (Å²) in [4.78, 5) is 19.3. The average molecular weight is 403 g/mol. The number of likely N-dealkylation sites (tertiary alicyclic amines) is 1. The van der Waals surface area contributed by atoms with Crippen molar-refractivity contribution < 1.29 is 4.79 Å². The smallest absolute Gasteiger partial charge is 0.223 e. The van der Waals surface area contributed by atoms with Crippen LogP contribution in [0.5, 0.6) is 0 Å². The summed E-state index contributed by atoms with van der Waals surface area (Å²) >= 11 is 0. The van der Waals surface area contributed by atoms with Crippen molar-refractivity contribution in [3.8, 4) is 0 Å². The van der Waals surface area contributed by atoms with Crippen molar-refractivity contribution in [2.24, 2.45) is 11.1 Å². The molecule has 148 valence electrons. The van der Waals surface area contributed by atoms with E-state index in [1.54, 1.807) is 0 Å². The summed E-state index contributed by atoms with van der Waals surface area (Å²) < 4.78 is 0. The van der Waals surface area contributed by atoms with Gasteiger partial charge in [0.05, 0.1) is 0 Å². The fourth-order valence-electron chi connectivity index (χ4n) is 3.68. The summed E-state index contributed by atoms with van der Waals surface area (Å²) in [5.74, 6) is 0.290. The molecule has 1 amide bonds. The van der Waals surface area contributed by atoms with Crippen LogP contribution in [-0.2, 0) is 4.79 Å². The molecule has 0 aliphatic carbocycles. The molecule has 2 N–H and O–H groups in total. The topological polar surface area (TPSA) is 52.8 Å². The highest BCUT2D eigenvalue weighted by atomic mass is 35.5. The van der Waals surface area contributed by atoms with Crippen LogP contribution in [0.4, 0.5) is 5.69 Å². The van der Waals surface area contributed by atoms with Gasteiger partial charge >= 0.3 is 0 Å². The summed E-state index contributed by atoms with van der Waals surface area (Å²) in [6.45, 7) is 9.54. The number of carbonyl (C=O) groups is 1. The largest absolute Gasteiger partial charge is 0.369 e. The number of para-hydroxylation sites is 1. The Morgan fingerprint density at radius 3 is 2.31 bits per heavy atom. The number of anilines is 1. The Kier molecular flexibility index (Phi) is 9.17. The highest BCUT2D eigenvalue weighted by Gasteiger charge is 2.34. The maximum absolute atomic E-state index is 12.4. The Labute approximate surface area is 169 Å². The minimum absolute atomic E-state index is 0. The number of rotatable bonds is 5. The van der Waals surface area contributed by atoms with Gasteiger partial charge in [-0.15, -0.1) is 24.8 Å². The maximum atomic E-state index is 12.4. The molecule has 0 saturated carbocycles. The van der Waals surface area contributed by atoms with Crippen molar-refractivity contribution in [3.63, 3.8) is 0 Å². The lowest BCUT2D eigenvalue weighted by atomic mass is 9.90. The quantitative estimate of drug-likeness (QED) is 0.820. The van der Waals surface area contributed by atoms with Gasteiger partial charge in [0, 0.05) is 57.9 Å². The summed E-state index contributed by atoms with van der Waals surface area (Å²) in [5.41, 5.74) is 7.25. The molecule has 7 heteroatoms. The molecule has 1 aromatic carbocycles. The van der Waals surface area contributed by atoms with E-state index in [-0.39, 0.29) is 36.1 Å². The first-order valence-electron chi connectivity index (χ1n) is 9.10. The Hall–Kier alpha value is -1.01. The second-order valence-electron chi connectivity index (χ2n) is 7.49. The SMILES string of the molecule is CC1(CN)CCN(C(=O)CCN2CCN(c3ccccc3)CC2)C1.Cl.Cl. The number of nitrogens with zero attached hydrogens (tertiary/aromatic N) is 3. The van der Waals surface area contributed by atoms with E-state index in [0.717, 1.165) is 52.2 Å². The third kappa shape index (κ3) is 5.74. The summed E-state index contributed by atoms with van der Waals surface area (Å²) in [7, 11) is 0. The molecule has 2 saturated heterocycles. The van der Waals surface area contributed by atoms with Crippen LogP contribution in [0.25, 0.3) is 0 Å². The predicted molar refractivity (Wildman–Crippen MR) is 113 cm³/mol. The normalized spacial score (nSPS) is 23.3. The van der Waals surface area contributed by atoms with Gasteiger partial charge in [-0.1, -0.05) is 25.1 Å². The van der Waals surface area contributed by atoms with E-state index < -0.39 is 0 Å². The van der Waals surface area contributed by atoms with Crippen LogP contribution in [0.2, 0.25) is 0 Å². The monoisotopic (exact) mass is 402 g/mol. The molecule has 3 rings (SSSR count). The highest BCUT2D eigenvalue weighted by Crippen LogP contribution is 2.28. The van der Waals surface area contributed by atoms with Gasteiger partial charge in [0.15, 0.2) is 0 Å². The Morgan fingerprint density at radius 1 is 1.08 bits per heavy atom. The van der Waals surface area contributed by atoms with Gasteiger partial charge in [-0.2, -0.15) is 0 Å². The van der Waals surface area contributed by atoms with Crippen molar-refractivity contribution in [3.05, 3.63) is 30.3 Å². The molecule has 1 atom stereocenters. The van der Waals surface area contributed by atoms with E-state index in [2.05, 4.69) is 47.1 Å². The van der Waals surface area contributed by atoms with Crippen molar-refractivity contribution in [2.45, 2.75) is 19.8 Å². The molecule has 2 heterocycles. The molecule has 0 radical (unpaired) electrons. The number of hydrogen-bond donors (Lipinski definition) is 1. The summed E-state index contributed by atoms with van der Waals surface area (Å²) in [6, 6.07) is 10.6. The second kappa shape index (κ2) is 10.4. The third-order valence-electron chi connectivity index (χ3n) is 5.54. The zero-order valence-electron chi connectivity index (χ0n) is 15.6. The van der Waals surface area contributed by atoms with Crippen molar-refractivity contribution >= 4 is 36.4 Å². The lowest BCUT2D eigenvalue weighted by Crippen LogP contribution is -2.47. The van der Waals surface area contributed by atoms with Crippen molar-refractivity contribution in [1.29, 1.82) is 0 Å². The van der Waals surface area contributed by atoms with Gasteiger partial charge < -0.3 is 15.5 Å². The fourth-order valence-corrected chi connectivity index (χ4v) is 3.68. The standard InChI is InChI=1S/C19H30N4O.2ClH/c1-19(15-20)8-10-23(16-19)18(24)7-9-21-11-13-22(14-12-21)17-5-3-2-4-6-17;;/h2-6H,7-16,20H2,1H3;2*1H. The third-order valence-corrected chi connectivity index (χ3v) is 5.54. The van der Waals surface area contributed by atoms with Crippen LogP contribution in [0.1, 0.15) is 19.8 Å². The minimum Gasteiger partial charge on any atom is -0.369 e. The van der Waals surface area contributed by atoms with E-state index in [9.17, 15) is 4.79 Å². The Bertz CT molecular complexity index is 552. The van der Waals surface area contributed by atoms with Gasteiger partial charge in [-0.05, 0) is 30.5 Å². The number of halogens is 2. The average Bonchev–Trinajstić information content (AvgIpc) is 3.04. The molecular weight excluding hydrogens is 371 g/mol. The Morgan fingerprint density at radius 2 is 1.73 bits per heavy atom. The molecule has 0 bridgehead atoms. The Balaban J connectivity index is 0.00000169. The van der Waals surface area contributed by atoms with Crippen LogP contribution < -0.4 is 10.6 Å². The molecule has 26 heavy (non-hydrogen) atoms. The van der Waals surface area contributed by atoms with Crippen LogP contribution in [0.15, 0.2) is 30.3 Å². The molecule has 0 aromatic heterocycles. The minimum atomic E-state index is 0. The summed E-state index contributed by atoms with van der Waals surface area (Å²) in [5, 5.41) is 0. The van der Waals surface area contributed by atoms with Crippen LogP contribution in [-0.4, -0.2) is 68.1 Å². The maximum Gasteiger partial charge on any atom is 0.223 e. The van der Waals surface area contributed by atoms with Crippen molar-refractivity contribution in [2.75, 3.05) is 57.3 Å². The number of hydrogen-bond acceptors (Lipinski definition) is 4. The molecule has 0 spiro atoms. The van der Waals surface area contributed by atoms with Gasteiger partial charge in [-0.25, -0.2) is 0 Å². The second-order valence-corrected chi connectivity index (χ2v) is 7.49. The number of carbonyl (C=O) groups excluding carboxylic acids is 1. The predicted octanol–water partition coefficient (Wildman–Crippen LogP) is 2.24. The van der Waals surface area contributed by atoms with Crippen molar-refractivity contribution in [1.82, 2.24) is 9.80 Å². The highest BCUT2D eigenvalue weighted by molar-refractivity contribution is 5.85. The molecule has 5 nitrogen and oxygen atoms in total. The lowest BCUT2D eigenvalue weighted by molar-refractivity contribution is -0.130. The molecule has 2 aliphatic rings. The van der Waals surface area contributed by atoms with Gasteiger partial charge in [0.2, 0.25) is 5.91 Å². The first-order valence-corrected chi connectivity index (χ1v) is 9.10. The number of benzene rings is 1. The first-order chi connectivity index (χ1) is 11.6. The van der Waals surface area contributed by atoms with Crippen LogP contribution in [0, 0.1) is 5.41 Å². The number of piperazine rings is 1. The molecule has 2 fully saturated rings. The zero-order valence-corrected chi connectivity index (χ0v) is 17.2. The number of nitrogens with two attached hydrogens (primary N) is 1. The van der Waals surface area contributed by atoms with Crippen LogP contribution in [0.3, 0.4) is 0 Å². The number of amides is 1. The van der Waals surface area contributed by atoms with E-state index in [4.69, 9.17) is 5.73 Å². The first kappa shape index (κ1) is 23.0.